The molecule has 7 nitrogen and oxygen atoms in total. The van der Waals surface area contributed by atoms with E-state index in [2.05, 4.69) is 29.6 Å². The lowest BCUT2D eigenvalue weighted by Crippen LogP contribution is -2.30. The van der Waals surface area contributed by atoms with Crippen molar-refractivity contribution in [3.05, 3.63) is 48.0 Å². The van der Waals surface area contributed by atoms with E-state index in [1.165, 1.54) is 0 Å². The summed E-state index contributed by atoms with van der Waals surface area (Å²) in [4.78, 5) is 6.85. The van der Waals surface area contributed by atoms with Crippen molar-refractivity contribution < 1.29 is 14.2 Å². The van der Waals surface area contributed by atoms with Crippen LogP contribution in [0.3, 0.4) is 0 Å². The van der Waals surface area contributed by atoms with Crippen LogP contribution in [-0.4, -0.2) is 58.4 Å². The van der Waals surface area contributed by atoms with E-state index in [1.807, 2.05) is 56.3 Å². The normalized spacial score (nSPS) is 11.4. The molecule has 0 bridgehead atoms. The van der Waals surface area contributed by atoms with Crippen LogP contribution < -0.4 is 24.8 Å². The Bertz CT molecular complexity index is 807. The summed E-state index contributed by atoms with van der Waals surface area (Å²) in [5.41, 5.74) is 1.99. The smallest absolute Gasteiger partial charge is 0.196 e. The number of nitrogens with zero attached hydrogens (tertiary/aromatic N) is 2. The van der Waals surface area contributed by atoms with Crippen molar-refractivity contribution in [1.82, 2.24) is 10.2 Å². The van der Waals surface area contributed by atoms with Gasteiger partial charge in [-0.1, -0.05) is 12.1 Å². The fourth-order valence-electron chi connectivity index (χ4n) is 2.90. The predicted molar refractivity (Wildman–Crippen MR) is 128 cm³/mol. The molecule has 0 aliphatic heterocycles. The predicted octanol–water partition coefficient (Wildman–Crippen LogP) is 4.00. The second-order valence-corrected chi connectivity index (χ2v) is 7.27. The molecule has 0 fully saturated rings. The van der Waals surface area contributed by atoms with Gasteiger partial charge in [-0.25, -0.2) is 4.99 Å². The van der Waals surface area contributed by atoms with Gasteiger partial charge in [0, 0.05) is 24.8 Å². The maximum absolute atomic E-state index is 5.79. The summed E-state index contributed by atoms with van der Waals surface area (Å²) in [5.74, 6) is 3.00. The van der Waals surface area contributed by atoms with Crippen molar-refractivity contribution >= 4 is 11.6 Å². The quantitative estimate of drug-likeness (QED) is 0.303. The van der Waals surface area contributed by atoms with Crippen LogP contribution in [0.4, 0.5) is 5.69 Å². The van der Waals surface area contributed by atoms with E-state index >= 15 is 0 Å². The van der Waals surface area contributed by atoms with Gasteiger partial charge >= 0.3 is 0 Å². The average molecular weight is 429 g/mol. The molecule has 0 aliphatic rings. The summed E-state index contributed by atoms with van der Waals surface area (Å²) in [5, 5.41) is 6.60. The SMILES string of the molecule is CCNC(=NCc1ccc(OCCCN(C)C)cc1)Nc1ccc(OCC)c(OC)c1. The number of guanidine groups is 1. The molecule has 31 heavy (non-hydrogen) atoms. The van der Waals surface area contributed by atoms with Gasteiger partial charge in [0.25, 0.3) is 0 Å². The summed E-state index contributed by atoms with van der Waals surface area (Å²) in [6.07, 6.45) is 1.01. The van der Waals surface area contributed by atoms with Crippen LogP contribution in [0, 0.1) is 0 Å². The number of methoxy groups -OCH3 is 1. The zero-order valence-corrected chi connectivity index (χ0v) is 19.4. The number of hydrogen-bond donors (Lipinski definition) is 2. The van der Waals surface area contributed by atoms with Crippen LogP contribution in [0.1, 0.15) is 25.8 Å². The molecule has 2 aromatic rings. The summed E-state index contributed by atoms with van der Waals surface area (Å²) in [6, 6.07) is 13.8. The standard InChI is InChI=1S/C24H36N4O3/c1-6-25-24(27-20-11-14-22(30-7-2)23(17-20)29-5)26-18-19-9-12-21(13-10-19)31-16-8-15-28(3)4/h9-14,17H,6-8,15-16,18H2,1-5H3,(H2,25,26,27). The van der Waals surface area contributed by atoms with E-state index in [9.17, 15) is 0 Å². The molecule has 0 heterocycles. The third kappa shape index (κ3) is 8.76. The van der Waals surface area contributed by atoms with Crippen molar-refractivity contribution in [1.29, 1.82) is 0 Å². The molecule has 2 N–H and O–H groups in total. The molecular weight excluding hydrogens is 392 g/mol. The number of benzene rings is 2. The average Bonchev–Trinajstić information content (AvgIpc) is 2.77. The van der Waals surface area contributed by atoms with Crippen LogP contribution in [0.15, 0.2) is 47.5 Å². The van der Waals surface area contributed by atoms with Gasteiger partial charge in [-0.3, -0.25) is 0 Å². The van der Waals surface area contributed by atoms with Crippen molar-refractivity contribution in [2.75, 3.05) is 52.8 Å². The van der Waals surface area contributed by atoms with Crippen LogP contribution in [-0.2, 0) is 6.54 Å². The molecule has 0 saturated heterocycles. The second-order valence-electron chi connectivity index (χ2n) is 7.27. The van der Waals surface area contributed by atoms with Gasteiger partial charge in [-0.05, 0) is 64.2 Å². The highest BCUT2D eigenvalue weighted by Crippen LogP contribution is 2.30. The minimum Gasteiger partial charge on any atom is -0.494 e. The lowest BCUT2D eigenvalue weighted by Gasteiger charge is -2.14. The first-order valence-electron chi connectivity index (χ1n) is 10.8. The summed E-state index contributed by atoms with van der Waals surface area (Å²) < 4.78 is 16.8. The molecule has 0 atom stereocenters. The highest BCUT2D eigenvalue weighted by Gasteiger charge is 2.07. The Hall–Kier alpha value is -2.93. The Morgan fingerprint density at radius 2 is 1.77 bits per heavy atom. The summed E-state index contributed by atoms with van der Waals surface area (Å²) in [7, 11) is 5.77. The Morgan fingerprint density at radius 1 is 1.00 bits per heavy atom. The van der Waals surface area contributed by atoms with E-state index < -0.39 is 0 Å². The monoisotopic (exact) mass is 428 g/mol. The molecule has 0 spiro atoms. The fraction of sp³-hybridized carbons (Fsp3) is 0.458. The second kappa shape index (κ2) is 13.4. The van der Waals surface area contributed by atoms with Gasteiger partial charge in [0.05, 0.1) is 26.9 Å². The van der Waals surface area contributed by atoms with E-state index in [0.29, 0.717) is 24.9 Å². The largest absolute Gasteiger partial charge is 0.494 e. The summed E-state index contributed by atoms with van der Waals surface area (Å²) >= 11 is 0. The Kier molecular flexibility index (Phi) is 10.5. The lowest BCUT2D eigenvalue weighted by atomic mass is 10.2. The molecule has 170 valence electrons. The van der Waals surface area contributed by atoms with E-state index in [1.54, 1.807) is 7.11 Å². The molecule has 2 rings (SSSR count). The maximum atomic E-state index is 5.79. The van der Waals surface area contributed by atoms with E-state index in [0.717, 1.165) is 48.9 Å². The zero-order chi connectivity index (χ0) is 22.5. The number of aliphatic imine (C=N–C) groups is 1. The minimum absolute atomic E-state index is 0.560. The van der Waals surface area contributed by atoms with Gasteiger partial charge in [0.15, 0.2) is 17.5 Å². The zero-order valence-electron chi connectivity index (χ0n) is 19.4. The van der Waals surface area contributed by atoms with Crippen LogP contribution in [0.5, 0.6) is 17.2 Å². The first-order chi connectivity index (χ1) is 15.0. The van der Waals surface area contributed by atoms with Gasteiger partial charge in [0.1, 0.15) is 5.75 Å². The van der Waals surface area contributed by atoms with Crippen molar-refractivity contribution in [3.8, 4) is 17.2 Å². The van der Waals surface area contributed by atoms with Gasteiger partial charge in [0.2, 0.25) is 0 Å². The number of anilines is 1. The van der Waals surface area contributed by atoms with Crippen LogP contribution >= 0.6 is 0 Å². The van der Waals surface area contributed by atoms with Crippen molar-refractivity contribution in [2.24, 2.45) is 4.99 Å². The third-order valence-corrected chi connectivity index (χ3v) is 4.43. The number of hydrogen-bond acceptors (Lipinski definition) is 5. The topological polar surface area (TPSA) is 67.4 Å². The Labute approximate surface area is 186 Å². The van der Waals surface area contributed by atoms with Crippen LogP contribution in [0.2, 0.25) is 0 Å². The van der Waals surface area contributed by atoms with Crippen molar-refractivity contribution in [3.63, 3.8) is 0 Å². The summed E-state index contributed by atoms with van der Waals surface area (Å²) in [6.45, 7) is 7.64. The molecular formula is C24H36N4O3. The molecule has 0 aliphatic carbocycles. The van der Waals surface area contributed by atoms with Crippen molar-refractivity contribution in [2.45, 2.75) is 26.8 Å². The van der Waals surface area contributed by atoms with Crippen LogP contribution in [0.25, 0.3) is 0 Å². The fourth-order valence-corrected chi connectivity index (χ4v) is 2.90. The number of rotatable bonds is 12. The molecule has 0 amide bonds. The molecule has 0 radical (unpaired) electrons. The van der Waals surface area contributed by atoms with Gasteiger partial charge in [-0.2, -0.15) is 0 Å². The highest BCUT2D eigenvalue weighted by atomic mass is 16.5. The molecule has 0 unspecified atom stereocenters. The minimum atomic E-state index is 0.560. The number of ether oxygens (including phenoxy) is 3. The first kappa shape index (κ1) is 24.3. The highest BCUT2D eigenvalue weighted by molar-refractivity contribution is 5.93. The molecule has 0 saturated carbocycles. The first-order valence-corrected chi connectivity index (χ1v) is 10.8. The third-order valence-electron chi connectivity index (χ3n) is 4.43. The maximum Gasteiger partial charge on any atom is 0.196 e. The molecule has 7 heteroatoms. The van der Waals surface area contributed by atoms with Gasteiger partial charge < -0.3 is 29.7 Å². The Morgan fingerprint density at radius 3 is 2.42 bits per heavy atom. The molecule has 2 aromatic carbocycles. The lowest BCUT2D eigenvalue weighted by molar-refractivity contribution is 0.281. The van der Waals surface area contributed by atoms with E-state index in [4.69, 9.17) is 19.2 Å². The number of nitrogens with one attached hydrogen (secondary N) is 2. The Balaban J connectivity index is 1.96. The van der Waals surface area contributed by atoms with Gasteiger partial charge in [-0.15, -0.1) is 0 Å². The molecule has 0 aromatic heterocycles. The van der Waals surface area contributed by atoms with E-state index in [-0.39, 0.29) is 0 Å².